The number of nitrogens with zero attached hydrogens (tertiary/aromatic N) is 2. The summed E-state index contributed by atoms with van der Waals surface area (Å²) in [6.45, 7) is 6.73. The molecule has 0 saturated carbocycles. The molecule has 0 amide bonds. The van der Waals surface area contributed by atoms with Crippen molar-refractivity contribution in [3.05, 3.63) is 109 Å². The summed E-state index contributed by atoms with van der Waals surface area (Å²) >= 11 is 0. The molecular weight excluding hydrogens is 637 g/mol. The molecule has 0 aliphatic carbocycles. The van der Waals surface area contributed by atoms with E-state index in [2.05, 4.69) is 114 Å². The van der Waals surface area contributed by atoms with Crippen LogP contribution >= 0.6 is 0 Å². The molecule has 4 aromatic rings. The van der Waals surface area contributed by atoms with E-state index < -0.39 is 10.1 Å². The molecule has 0 saturated heterocycles. The van der Waals surface area contributed by atoms with Gasteiger partial charge in [0.15, 0.2) is 0 Å². The topological polar surface area (TPSA) is 86.9 Å². The molecule has 228 valence electrons. The van der Waals surface area contributed by atoms with E-state index in [1.165, 1.54) is 28.1 Å². The number of nitrogens with two attached hydrogens (primary N) is 1. The van der Waals surface area contributed by atoms with Crippen LogP contribution in [0.1, 0.15) is 26.3 Å². The maximum Gasteiger partial charge on any atom is 2.00 e. The van der Waals surface area contributed by atoms with Crippen molar-refractivity contribution in [2.75, 3.05) is 50.0 Å². The Balaban J connectivity index is 0.000000389. The summed E-state index contributed by atoms with van der Waals surface area (Å²) in [6.07, 6.45) is 3.07. The van der Waals surface area contributed by atoms with E-state index in [1.54, 1.807) is 0 Å². The molecular formula is C34H43N3O3PdS. The first-order valence-corrected chi connectivity index (χ1v) is 15.1. The summed E-state index contributed by atoms with van der Waals surface area (Å²) in [5.74, 6) is 0. The van der Waals surface area contributed by atoms with Crippen LogP contribution in [0.15, 0.2) is 91.0 Å². The number of benzene rings is 4. The third-order valence-corrected chi connectivity index (χ3v) is 5.76. The predicted molar refractivity (Wildman–Crippen MR) is 176 cm³/mol. The summed E-state index contributed by atoms with van der Waals surface area (Å²) in [5.41, 5.74) is 15.2. The first-order chi connectivity index (χ1) is 19.1. The van der Waals surface area contributed by atoms with E-state index in [1.807, 2.05) is 48.5 Å². The van der Waals surface area contributed by atoms with E-state index in [4.69, 9.17) is 10.3 Å². The van der Waals surface area contributed by atoms with Gasteiger partial charge in [0.1, 0.15) is 0 Å². The second-order valence-electron chi connectivity index (χ2n) is 11.2. The van der Waals surface area contributed by atoms with Crippen molar-refractivity contribution < 1.29 is 33.4 Å². The van der Waals surface area contributed by atoms with E-state index >= 15 is 0 Å². The Kier molecular flexibility index (Phi) is 14.3. The van der Waals surface area contributed by atoms with Gasteiger partial charge in [-0.1, -0.05) is 62.1 Å². The van der Waals surface area contributed by atoms with Crippen LogP contribution in [0.4, 0.5) is 17.1 Å². The Labute approximate surface area is 267 Å². The van der Waals surface area contributed by atoms with Crippen molar-refractivity contribution >= 4 is 27.2 Å². The first kappa shape index (κ1) is 36.7. The van der Waals surface area contributed by atoms with Crippen LogP contribution in [-0.2, 0) is 30.5 Å². The molecule has 0 heterocycles. The quantitative estimate of drug-likeness (QED) is 0.0995. The molecule has 0 aromatic heterocycles. The zero-order valence-corrected chi connectivity index (χ0v) is 28.1. The third kappa shape index (κ3) is 12.3. The van der Waals surface area contributed by atoms with Crippen LogP contribution in [0, 0.1) is 17.9 Å². The van der Waals surface area contributed by atoms with Crippen LogP contribution < -0.4 is 15.5 Å². The van der Waals surface area contributed by atoms with Gasteiger partial charge in [-0.3, -0.25) is 4.55 Å². The second-order valence-corrected chi connectivity index (χ2v) is 12.6. The van der Waals surface area contributed by atoms with Crippen molar-refractivity contribution in [2.24, 2.45) is 5.41 Å². The summed E-state index contributed by atoms with van der Waals surface area (Å²) in [5, 5.41) is 0. The first-order valence-electron chi connectivity index (χ1n) is 13.3. The van der Waals surface area contributed by atoms with Crippen molar-refractivity contribution in [3.8, 4) is 22.3 Å². The molecule has 4 rings (SSSR count). The van der Waals surface area contributed by atoms with Gasteiger partial charge in [-0.15, -0.1) is 53.6 Å². The summed E-state index contributed by atoms with van der Waals surface area (Å²) in [7, 11) is 4.76. The van der Waals surface area contributed by atoms with E-state index in [0.29, 0.717) is 6.26 Å². The number of anilines is 3. The fourth-order valence-electron chi connectivity index (χ4n) is 4.17. The van der Waals surface area contributed by atoms with Gasteiger partial charge in [0, 0.05) is 39.6 Å². The van der Waals surface area contributed by atoms with E-state index in [-0.39, 0.29) is 25.8 Å². The predicted octanol–water partition coefficient (Wildman–Crippen LogP) is 7.32. The van der Waals surface area contributed by atoms with Crippen LogP contribution in [-0.4, -0.2) is 47.4 Å². The normalized spacial score (nSPS) is 10.6. The fourth-order valence-corrected chi connectivity index (χ4v) is 4.17. The van der Waals surface area contributed by atoms with Gasteiger partial charge in [0.25, 0.3) is 10.1 Å². The van der Waals surface area contributed by atoms with Crippen molar-refractivity contribution in [2.45, 2.75) is 20.8 Å². The SMILES string of the molecule is CN(C)c1cccc(N(C)C)c1-c1ccccc1[CH-]C(C)(C)C.CS(=O)(=O)O.Nc1ccccc1-c1[c-]cccc1.[Pd+2]. The molecule has 6 nitrogen and oxygen atoms in total. The molecule has 0 radical (unpaired) electrons. The molecule has 0 aliphatic heterocycles. The Hall–Kier alpha value is -3.28. The molecule has 0 unspecified atom stereocenters. The maximum absolute atomic E-state index is 9.19. The van der Waals surface area contributed by atoms with Crippen LogP contribution in [0.5, 0.6) is 0 Å². The minimum absolute atomic E-state index is 0. The second kappa shape index (κ2) is 16.4. The maximum atomic E-state index is 9.19. The van der Waals surface area contributed by atoms with Crippen molar-refractivity contribution in [1.29, 1.82) is 0 Å². The molecule has 0 fully saturated rings. The van der Waals surface area contributed by atoms with Crippen LogP contribution in [0.3, 0.4) is 0 Å². The zero-order valence-electron chi connectivity index (χ0n) is 25.7. The molecule has 0 bridgehead atoms. The number of hydrogen-bond donors (Lipinski definition) is 2. The number of nitrogen functional groups attached to an aromatic ring is 1. The monoisotopic (exact) mass is 679 g/mol. The molecule has 0 spiro atoms. The van der Waals surface area contributed by atoms with Crippen LogP contribution in [0.25, 0.3) is 22.3 Å². The Morgan fingerprint density at radius 2 is 1.24 bits per heavy atom. The summed E-state index contributed by atoms with van der Waals surface area (Å²) in [4.78, 5) is 4.38. The largest absolute Gasteiger partial charge is 2.00 e. The van der Waals surface area contributed by atoms with Crippen molar-refractivity contribution in [3.63, 3.8) is 0 Å². The van der Waals surface area contributed by atoms with Crippen molar-refractivity contribution in [1.82, 2.24) is 0 Å². The Morgan fingerprint density at radius 3 is 1.69 bits per heavy atom. The molecule has 8 heteroatoms. The molecule has 4 aromatic carbocycles. The standard InChI is InChI=1S/C21H29N2.C12H10N.CH4O3S.Pd/c1-21(2,3)15-16-11-8-9-12-17(16)20-18(22(4)5)13-10-14-19(20)23(6)7;13-12-9-5-4-8-11(12)10-6-2-1-3-7-10;1-5(2,3)4;/h8-15H,1-7H3;1-6,8-9H,13H2;1H3,(H,2,3,4);/q2*-1;;+2. The Bertz CT molecular complexity index is 1470. The van der Waals surface area contributed by atoms with Gasteiger partial charge < -0.3 is 15.5 Å². The number of hydrogen-bond acceptors (Lipinski definition) is 5. The molecule has 0 atom stereocenters. The van der Waals surface area contributed by atoms with Gasteiger partial charge in [0.05, 0.1) is 6.26 Å². The van der Waals surface area contributed by atoms with Gasteiger partial charge in [-0.2, -0.15) is 26.5 Å². The van der Waals surface area contributed by atoms with E-state index in [9.17, 15) is 8.42 Å². The number of para-hydroxylation sites is 1. The number of rotatable bonds is 5. The Morgan fingerprint density at radius 1 is 0.762 bits per heavy atom. The average molecular weight is 680 g/mol. The summed E-state index contributed by atoms with van der Waals surface area (Å²) in [6, 6.07) is 34.0. The minimum atomic E-state index is -3.67. The van der Waals surface area contributed by atoms with Gasteiger partial charge in [-0.25, -0.2) is 0 Å². The zero-order chi connectivity index (χ0) is 30.8. The van der Waals surface area contributed by atoms with Gasteiger partial charge in [-0.05, 0) is 29.4 Å². The smallest absolute Gasteiger partial charge is 0.406 e. The molecule has 0 aliphatic rings. The van der Waals surface area contributed by atoms with Crippen LogP contribution in [0.2, 0.25) is 0 Å². The third-order valence-electron chi connectivity index (χ3n) is 5.76. The molecule has 3 N–H and O–H groups in total. The minimum Gasteiger partial charge on any atom is -0.406 e. The van der Waals surface area contributed by atoms with Gasteiger partial charge >= 0.3 is 20.4 Å². The average Bonchev–Trinajstić information content (AvgIpc) is 2.88. The fraction of sp³-hybridized carbons (Fsp3) is 0.265. The van der Waals surface area contributed by atoms with E-state index in [0.717, 1.165) is 16.8 Å². The summed E-state index contributed by atoms with van der Waals surface area (Å²) < 4.78 is 25.9. The molecule has 42 heavy (non-hydrogen) atoms. The van der Waals surface area contributed by atoms with Gasteiger partial charge in [0.2, 0.25) is 0 Å².